The number of aryl methyl sites for hydroxylation is 1. The molecule has 8 heteroatoms. The Morgan fingerprint density at radius 3 is 2.62 bits per heavy atom. The van der Waals surface area contributed by atoms with Crippen molar-refractivity contribution < 1.29 is 9.72 Å². The van der Waals surface area contributed by atoms with E-state index in [4.69, 9.17) is 0 Å². The number of ketones is 1. The van der Waals surface area contributed by atoms with Gasteiger partial charge in [0.15, 0.2) is 10.9 Å². The summed E-state index contributed by atoms with van der Waals surface area (Å²) in [7, 11) is 0. The Morgan fingerprint density at radius 2 is 2.05 bits per heavy atom. The summed E-state index contributed by atoms with van der Waals surface area (Å²) in [5.74, 6) is -0.108. The van der Waals surface area contributed by atoms with Crippen LogP contribution < -0.4 is 5.56 Å². The molecular weight excluding hydrogens is 294 g/mol. The van der Waals surface area contributed by atoms with Gasteiger partial charge in [0.1, 0.15) is 0 Å². The molecule has 0 saturated heterocycles. The van der Waals surface area contributed by atoms with E-state index in [0.717, 1.165) is 11.8 Å². The maximum atomic E-state index is 12.0. The van der Waals surface area contributed by atoms with Crippen LogP contribution in [0.5, 0.6) is 0 Å². The fourth-order valence-electron chi connectivity index (χ4n) is 1.61. The Balaban J connectivity index is 2.04. The maximum Gasteiger partial charge on any atom is 0.269 e. The fourth-order valence-corrected chi connectivity index (χ4v) is 2.42. The summed E-state index contributed by atoms with van der Waals surface area (Å²) in [6.07, 6.45) is 0. The number of carbonyl (C=O) groups is 1. The third-order valence-corrected chi connectivity index (χ3v) is 3.46. The van der Waals surface area contributed by atoms with Crippen molar-refractivity contribution in [1.29, 1.82) is 0 Å². The summed E-state index contributed by atoms with van der Waals surface area (Å²) in [5.41, 5.74) is 0.615. The molecule has 0 unspecified atom stereocenters. The van der Waals surface area contributed by atoms with Gasteiger partial charge in [-0.05, 0) is 19.1 Å². The van der Waals surface area contributed by atoms with E-state index in [1.165, 1.54) is 30.3 Å². The second kappa shape index (κ2) is 6.31. The van der Waals surface area contributed by atoms with Gasteiger partial charge in [-0.2, -0.15) is 0 Å². The molecule has 108 valence electrons. The molecule has 0 fully saturated rings. The van der Waals surface area contributed by atoms with E-state index in [9.17, 15) is 19.7 Å². The van der Waals surface area contributed by atoms with Crippen LogP contribution in [0.4, 0.5) is 5.69 Å². The molecular formula is C13H11N3O4S. The van der Waals surface area contributed by atoms with Gasteiger partial charge in [0.2, 0.25) is 0 Å². The molecule has 0 amide bonds. The van der Waals surface area contributed by atoms with Crippen molar-refractivity contribution in [2.75, 3.05) is 5.75 Å². The van der Waals surface area contributed by atoms with Gasteiger partial charge in [0, 0.05) is 29.5 Å². The van der Waals surface area contributed by atoms with Crippen molar-refractivity contribution in [3.8, 4) is 0 Å². The predicted octanol–water partition coefficient (Wildman–Crippen LogP) is 1.96. The largest absolute Gasteiger partial charge is 0.301 e. The average Bonchev–Trinajstić information content (AvgIpc) is 2.44. The lowest BCUT2D eigenvalue weighted by Gasteiger charge is -2.02. The van der Waals surface area contributed by atoms with Gasteiger partial charge in [-0.3, -0.25) is 19.7 Å². The number of nitrogens with zero attached hydrogens (tertiary/aromatic N) is 2. The molecule has 1 aromatic heterocycles. The Labute approximate surface area is 123 Å². The third-order valence-electron chi connectivity index (χ3n) is 2.59. The van der Waals surface area contributed by atoms with Crippen LogP contribution >= 0.6 is 11.8 Å². The SMILES string of the molecule is Cc1cc(=O)[nH]c(SCC(=O)c2ccc([N+](=O)[O-])cc2)n1. The number of non-ortho nitro benzene ring substituents is 1. The van der Waals surface area contributed by atoms with E-state index < -0.39 is 4.92 Å². The molecule has 1 N–H and O–H groups in total. The van der Waals surface area contributed by atoms with Gasteiger partial charge < -0.3 is 4.98 Å². The molecule has 0 atom stereocenters. The maximum absolute atomic E-state index is 12.0. The van der Waals surface area contributed by atoms with Crippen LogP contribution in [0.25, 0.3) is 0 Å². The number of nitro benzene ring substituents is 1. The minimum absolute atomic E-state index is 0.0658. The molecule has 1 heterocycles. The van der Waals surface area contributed by atoms with Crippen molar-refractivity contribution in [3.05, 3.63) is 62.1 Å². The van der Waals surface area contributed by atoms with E-state index in [1.807, 2.05) is 0 Å². The highest BCUT2D eigenvalue weighted by molar-refractivity contribution is 7.99. The predicted molar refractivity (Wildman–Crippen MR) is 77.7 cm³/mol. The van der Waals surface area contributed by atoms with E-state index >= 15 is 0 Å². The molecule has 2 rings (SSSR count). The highest BCUT2D eigenvalue weighted by Crippen LogP contribution is 2.16. The summed E-state index contributed by atoms with van der Waals surface area (Å²) in [6.45, 7) is 1.69. The highest BCUT2D eigenvalue weighted by Gasteiger charge is 2.11. The molecule has 0 radical (unpaired) electrons. The van der Waals surface area contributed by atoms with E-state index in [2.05, 4.69) is 9.97 Å². The van der Waals surface area contributed by atoms with Crippen LogP contribution in [0, 0.1) is 17.0 Å². The van der Waals surface area contributed by atoms with Gasteiger partial charge >= 0.3 is 0 Å². The number of H-pyrrole nitrogens is 1. The van der Waals surface area contributed by atoms with Crippen molar-refractivity contribution in [1.82, 2.24) is 9.97 Å². The molecule has 0 aliphatic carbocycles. The zero-order valence-corrected chi connectivity index (χ0v) is 11.8. The molecule has 2 aromatic rings. The first kappa shape index (κ1) is 14.9. The smallest absolute Gasteiger partial charge is 0.269 e. The van der Waals surface area contributed by atoms with Crippen LogP contribution in [0.3, 0.4) is 0 Å². The Morgan fingerprint density at radius 1 is 1.38 bits per heavy atom. The normalized spacial score (nSPS) is 10.3. The molecule has 1 aromatic carbocycles. The van der Waals surface area contributed by atoms with Gasteiger partial charge in [0.25, 0.3) is 11.2 Å². The minimum Gasteiger partial charge on any atom is -0.301 e. The van der Waals surface area contributed by atoms with Gasteiger partial charge in [-0.25, -0.2) is 4.98 Å². The number of hydrogen-bond donors (Lipinski definition) is 1. The summed E-state index contributed by atoms with van der Waals surface area (Å²) in [6, 6.07) is 6.75. The van der Waals surface area contributed by atoms with Crippen LogP contribution in [-0.2, 0) is 0 Å². The zero-order valence-electron chi connectivity index (χ0n) is 11.0. The molecule has 21 heavy (non-hydrogen) atoms. The van der Waals surface area contributed by atoms with Gasteiger partial charge in [-0.1, -0.05) is 11.8 Å². The van der Waals surface area contributed by atoms with Crippen molar-refractivity contribution in [2.24, 2.45) is 0 Å². The number of nitro groups is 1. The number of Topliss-reactive ketones (excluding diaryl/α,β-unsaturated/α-hetero) is 1. The zero-order chi connectivity index (χ0) is 15.4. The van der Waals surface area contributed by atoms with Crippen molar-refractivity contribution in [3.63, 3.8) is 0 Å². The first-order valence-electron chi connectivity index (χ1n) is 5.94. The molecule has 0 saturated carbocycles. The van der Waals surface area contributed by atoms with E-state index in [1.54, 1.807) is 6.92 Å². The third kappa shape index (κ3) is 3.99. The topological polar surface area (TPSA) is 106 Å². The number of aromatic amines is 1. The summed E-state index contributed by atoms with van der Waals surface area (Å²) in [4.78, 5) is 39.9. The lowest BCUT2D eigenvalue weighted by atomic mass is 10.1. The second-order valence-corrected chi connectivity index (χ2v) is 5.17. The number of benzene rings is 1. The highest BCUT2D eigenvalue weighted by atomic mass is 32.2. The number of rotatable bonds is 5. The van der Waals surface area contributed by atoms with E-state index in [0.29, 0.717) is 16.4 Å². The number of carbonyl (C=O) groups excluding carboxylic acids is 1. The van der Waals surface area contributed by atoms with Crippen LogP contribution in [0.15, 0.2) is 40.3 Å². The number of nitrogens with one attached hydrogen (secondary N) is 1. The fraction of sp³-hybridized carbons (Fsp3) is 0.154. The quantitative estimate of drug-likeness (QED) is 0.297. The number of hydrogen-bond acceptors (Lipinski definition) is 6. The summed E-state index contributed by atoms with van der Waals surface area (Å²) in [5, 5.41) is 10.9. The van der Waals surface area contributed by atoms with Gasteiger partial charge in [-0.15, -0.1) is 0 Å². The minimum atomic E-state index is -0.523. The summed E-state index contributed by atoms with van der Waals surface area (Å²) < 4.78 is 0. The standard InChI is InChI=1S/C13H11N3O4S/c1-8-6-12(18)15-13(14-8)21-7-11(17)9-2-4-10(5-3-9)16(19)20/h2-6H,7H2,1H3,(H,14,15,18). The lowest BCUT2D eigenvalue weighted by Crippen LogP contribution is -2.10. The number of thioether (sulfide) groups is 1. The molecule has 0 aliphatic rings. The molecule has 7 nitrogen and oxygen atoms in total. The summed E-state index contributed by atoms with van der Waals surface area (Å²) >= 11 is 1.11. The van der Waals surface area contributed by atoms with Crippen LogP contribution in [0.2, 0.25) is 0 Å². The van der Waals surface area contributed by atoms with Crippen molar-refractivity contribution >= 4 is 23.2 Å². The molecule has 0 bridgehead atoms. The first-order chi connectivity index (χ1) is 9.95. The van der Waals surface area contributed by atoms with E-state index in [-0.39, 0.29) is 22.8 Å². The lowest BCUT2D eigenvalue weighted by molar-refractivity contribution is -0.384. The monoisotopic (exact) mass is 305 g/mol. The van der Waals surface area contributed by atoms with Crippen LogP contribution in [-0.4, -0.2) is 26.4 Å². The second-order valence-electron chi connectivity index (χ2n) is 4.21. The molecule has 0 spiro atoms. The Hall–Kier alpha value is -2.48. The Kier molecular flexibility index (Phi) is 4.49. The van der Waals surface area contributed by atoms with Crippen LogP contribution in [0.1, 0.15) is 16.1 Å². The first-order valence-corrected chi connectivity index (χ1v) is 6.92. The molecule has 0 aliphatic heterocycles. The van der Waals surface area contributed by atoms with Gasteiger partial charge in [0.05, 0.1) is 10.7 Å². The Bertz CT molecular complexity index is 740. The average molecular weight is 305 g/mol. The van der Waals surface area contributed by atoms with Crippen molar-refractivity contribution in [2.45, 2.75) is 12.1 Å². The number of aromatic nitrogens is 2.